The first-order valence-corrected chi connectivity index (χ1v) is 12.3. The van der Waals surface area contributed by atoms with Crippen LogP contribution < -0.4 is 0 Å². The quantitative estimate of drug-likeness (QED) is 0.302. The number of benzene rings is 3. The first-order valence-electron chi connectivity index (χ1n) is 12.3. The minimum absolute atomic E-state index is 0.268. The van der Waals surface area contributed by atoms with Crippen LogP contribution in [0.2, 0.25) is 0 Å². The number of carboxylic acid groups (broad SMARTS) is 1. The van der Waals surface area contributed by atoms with Gasteiger partial charge in [-0.15, -0.1) is 0 Å². The van der Waals surface area contributed by atoms with Crippen molar-refractivity contribution in [3.8, 4) is 22.6 Å². The van der Waals surface area contributed by atoms with Gasteiger partial charge in [-0.05, 0) is 61.7 Å². The van der Waals surface area contributed by atoms with Gasteiger partial charge in [0.15, 0.2) is 0 Å². The van der Waals surface area contributed by atoms with Gasteiger partial charge in [0.1, 0.15) is 5.82 Å². The fourth-order valence-corrected chi connectivity index (χ4v) is 5.46. The molecule has 6 rings (SSSR count). The zero-order valence-electron chi connectivity index (χ0n) is 19.7. The molecule has 0 bridgehead atoms. The van der Waals surface area contributed by atoms with Gasteiger partial charge >= 0.3 is 5.97 Å². The predicted molar refractivity (Wildman–Crippen MR) is 140 cm³/mol. The number of aryl methyl sites for hydroxylation is 1. The Kier molecular flexibility index (Phi) is 5.33. The first-order chi connectivity index (χ1) is 17.1. The molecule has 1 aliphatic carbocycles. The van der Waals surface area contributed by atoms with Crippen LogP contribution in [0.5, 0.6) is 0 Å². The normalized spacial score (nSPS) is 14.5. The monoisotopic (exact) mass is 461 g/mol. The minimum atomic E-state index is -0.928. The average molecular weight is 462 g/mol. The summed E-state index contributed by atoms with van der Waals surface area (Å²) in [6, 6.07) is 24.5. The van der Waals surface area contributed by atoms with E-state index >= 15 is 0 Å². The van der Waals surface area contributed by atoms with Crippen LogP contribution in [0.25, 0.3) is 44.6 Å². The highest BCUT2D eigenvalue weighted by Gasteiger charge is 2.23. The van der Waals surface area contributed by atoms with Crippen LogP contribution >= 0.6 is 0 Å². The van der Waals surface area contributed by atoms with Gasteiger partial charge in [-0.3, -0.25) is 0 Å². The molecular weight excluding hydrogens is 434 g/mol. The van der Waals surface area contributed by atoms with Crippen molar-refractivity contribution in [2.45, 2.75) is 45.1 Å². The molecule has 35 heavy (non-hydrogen) atoms. The second-order valence-corrected chi connectivity index (χ2v) is 9.53. The van der Waals surface area contributed by atoms with Crippen molar-refractivity contribution in [1.82, 2.24) is 14.5 Å². The number of carboxylic acids is 1. The molecule has 5 nitrogen and oxygen atoms in total. The Morgan fingerprint density at radius 2 is 1.69 bits per heavy atom. The third kappa shape index (κ3) is 3.87. The van der Waals surface area contributed by atoms with Gasteiger partial charge in [0.05, 0.1) is 27.8 Å². The molecule has 1 aliphatic rings. The van der Waals surface area contributed by atoms with E-state index in [1.807, 2.05) is 24.3 Å². The maximum Gasteiger partial charge on any atom is 0.335 e. The van der Waals surface area contributed by atoms with Gasteiger partial charge in [-0.1, -0.05) is 55.7 Å². The van der Waals surface area contributed by atoms with Gasteiger partial charge in [0.25, 0.3) is 0 Å². The van der Waals surface area contributed by atoms with Gasteiger partial charge in [-0.2, -0.15) is 0 Å². The molecule has 0 spiro atoms. The molecule has 1 fully saturated rings. The Labute approximate surface area is 204 Å². The van der Waals surface area contributed by atoms with Gasteiger partial charge in [0, 0.05) is 22.6 Å². The molecule has 2 heterocycles. The highest BCUT2D eigenvalue weighted by molar-refractivity contribution is 5.94. The number of rotatable bonds is 4. The lowest BCUT2D eigenvalue weighted by atomic mass is 9.94. The summed E-state index contributed by atoms with van der Waals surface area (Å²) >= 11 is 0. The standard InChI is InChI=1S/C30H27N3O2/c1-19-16-23(17-21-12-14-25(31-28(19)21)20-8-4-2-5-9-20)29-32-26-18-22(30(34)35)13-15-27(26)33(29)24-10-6-3-7-11-24/h2,4-5,8-9,12-18,24H,3,6-7,10-11H2,1H3,(H,34,35). The molecule has 0 radical (unpaired) electrons. The van der Waals surface area contributed by atoms with Crippen molar-refractivity contribution in [2.75, 3.05) is 0 Å². The Balaban J connectivity index is 1.52. The van der Waals surface area contributed by atoms with E-state index in [-0.39, 0.29) is 5.56 Å². The molecule has 1 saturated carbocycles. The van der Waals surface area contributed by atoms with E-state index in [2.05, 4.69) is 47.9 Å². The number of pyridine rings is 1. The molecule has 2 aromatic heterocycles. The van der Waals surface area contributed by atoms with Crippen molar-refractivity contribution in [3.63, 3.8) is 0 Å². The van der Waals surface area contributed by atoms with Crippen molar-refractivity contribution >= 4 is 27.9 Å². The molecular formula is C30H27N3O2. The topological polar surface area (TPSA) is 68.0 Å². The van der Waals surface area contributed by atoms with Crippen LogP contribution in [0.4, 0.5) is 0 Å². The second-order valence-electron chi connectivity index (χ2n) is 9.53. The van der Waals surface area contributed by atoms with Gasteiger partial charge in [-0.25, -0.2) is 14.8 Å². The molecule has 3 aromatic carbocycles. The summed E-state index contributed by atoms with van der Waals surface area (Å²) in [6.45, 7) is 2.10. The number of hydrogen-bond acceptors (Lipinski definition) is 3. The fraction of sp³-hybridized carbons (Fsp3) is 0.233. The number of aromatic nitrogens is 3. The van der Waals surface area contributed by atoms with Crippen molar-refractivity contribution < 1.29 is 9.90 Å². The summed E-state index contributed by atoms with van der Waals surface area (Å²) in [5.41, 5.74) is 7.21. The van der Waals surface area contributed by atoms with E-state index in [4.69, 9.17) is 9.97 Å². The number of hydrogen-bond donors (Lipinski definition) is 1. The molecule has 174 valence electrons. The maximum absolute atomic E-state index is 11.6. The van der Waals surface area contributed by atoms with E-state index in [1.54, 1.807) is 12.1 Å². The fourth-order valence-electron chi connectivity index (χ4n) is 5.46. The highest BCUT2D eigenvalue weighted by atomic mass is 16.4. The summed E-state index contributed by atoms with van der Waals surface area (Å²) in [5, 5.41) is 10.6. The molecule has 0 amide bonds. The lowest BCUT2D eigenvalue weighted by Crippen LogP contribution is -2.14. The average Bonchev–Trinajstić information content (AvgIpc) is 3.28. The van der Waals surface area contributed by atoms with E-state index in [9.17, 15) is 9.90 Å². The largest absolute Gasteiger partial charge is 0.478 e. The molecule has 0 unspecified atom stereocenters. The summed E-state index contributed by atoms with van der Waals surface area (Å²) in [4.78, 5) is 21.6. The molecule has 0 saturated heterocycles. The number of imidazole rings is 1. The second kappa shape index (κ2) is 8.66. The summed E-state index contributed by atoms with van der Waals surface area (Å²) < 4.78 is 2.35. The lowest BCUT2D eigenvalue weighted by Gasteiger charge is -2.26. The van der Waals surface area contributed by atoms with E-state index in [0.717, 1.165) is 63.0 Å². The molecule has 5 heteroatoms. The Morgan fingerprint density at radius 1 is 0.886 bits per heavy atom. The minimum Gasteiger partial charge on any atom is -0.478 e. The zero-order valence-corrected chi connectivity index (χ0v) is 19.7. The smallest absolute Gasteiger partial charge is 0.335 e. The zero-order chi connectivity index (χ0) is 23.9. The Morgan fingerprint density at radius 3 is 2.46 bits per heavy atom. The lowest BCUT2D eigenvalue weighted by molar-refractivity contribution is 0.0697. The van der Waals surface area contributed by atoms with Crippen LogP contribution in [-0.2, 0) is 0 Å². The van der Waals surface area contributed by atoms with Crippen molar-refractivity contribution in [3.05, 3.63) is 83.9 Å². The van der Waals surface area contributed by atoms with Crippen LogP contribution in [-0.4, -0.2) is 25.6 Å². The third-order valence-corrected chi connectivity index (χ3v) is 7.19. The van der Waals surface area contributed by atoms with Gasteiger partial charge in [0.2, 0.25) is 0 Å². The Hall–Kier alpha value is -3.99. The summed E-state index contributed by atoms with van der Waals surface area (Å²) in [6.07, 6.45) is 5.92. The molecule has 0 atom stereocenters. The van der Waals surface area contributed by atoms with Crippen LogP contribution in [0, 0.1) is 6.92 Å². The van der Waals surface area contributed by atoms with Crippen LogP contribution in [0.3, 0.4) is 0 Å². The molecule has 1 N–H and O–H groups in total. The number of carbonyl (C=O) groups is 1. The number of nitrogens with zero attached hydrogens (tertiary/aromatic N) is 3. The van der Waals surface area contributed by atoms with Crippen molar-refractivity contribution in [1.29, 1.82) is 0 Å². The van der Waals surface area contributed by atoms with Crippen molar-refractivity contribution in [2.24, 2.45) is 0 Å². The van der Waals surface area contributed by atoms with E-state index in [1.165, 1.54) is 19.3 Å². The SMILES string of the molecule is Cc1cc(-c2nc3cc(C(=O)O)ccc3n2C2CCCCC2)cc2ccc(-c3ccccc3)nc12. The summed E-state index contributed by atoms with van der Waals surface area (Å²) in [5.74, 6) is -0.0194. The van der Waals surface area contributed by atoms with Gasteiger partial charge < -0.3 is 9.67 Å². The molecule has 0 aliphatic heterocycles. The Bertz CT molecular complexity index is 1560. The highest BCUT2D eigenvalue weighted by Crippen LogP contribution is 2.37. The summed E-state index contributed by atoms with van der Waals surface area (Å²) in [7, 11) is 0. The van der Waals surface area contributed by atoms with E-state index < -0.39 is 5.97 Å². The predicted octanol–water partition coefficient (Wildman–Crippen LogP) is 7.43. The number of fused-ring (bicyclic) bond motifs is 2. The van der Waals surface area contributed by atoms with Crippen LogP contribution in [0.1, 0.15) is 54.1 Å². The molecule has 5 aromatic rings. The number of aromatic carboxylic acids is 1. The van der Waals surface area contributed by atoms with E-state index in [0.29, 0.717) is 6.04 Å². The third-order valence-electron chi connectivity index (χ3n) is 7.19. The first kappa shape index (κ1) is 21.5. The maximum atomic E-state index is 11.6. The van der Waals surface area contributed by atoms with Crippen LogP contribution in [0.15, 0.2) is 72.8 Å².